The quantitative estimate of drug-likeness (QED) is 0.212. The Morgan fingerprint density at radius 2 is 2.00 bits per heavy atom. The van der Waals surface area contributed by atoms with Crippen LogP contribution in [-0.4, -0.2) is 49.0 Å². The molecule has 8 nitrogen and oxygen atoms in total. The van der Waals surface area contributed by atoms with E-state index in [1.807, 2.05) is 41.7 Å². The number of hydrogen-bond acceptors (Lipinski definition) is 6. The molecule has 1 aliphatic carbocycles. The number of aryl methyl sites for hydroxylation is 2. The number of rotatable bonds is 9. The molecule has 1 aromatic carbocycles. The van der Waals surface area contributed by atoms with E-state index in [0.29, 0.717) is 41.9 Å². The number of hydrogen-bond donors (Lipinski definition) is 0. The zero-order valence-corrected chi connectivity index (χ0v) is 19.9. The predicted octanol–water partition coefficient (Wildman–Crippen LogP) is 3.81. The molecule has 1 saturated carbocycles. The number of fused-ring (bicyclic) bond motifs is 3. The molecule has 0 N–H and O–H groups in total. The summed E-state index contributed by atoms with van der Waals surface area (Å²) in [5, 5.41) is 9.88. The Labute approximate surface area is 195 Å². The highest BCUT2D eigenvalue weighted by atomic mass is 32.2. The molecule has 0 radical (unpaired) electrons. The van der Waals surface area contributed by atoms with Gasteiger partial charge >= 0.3 is 0 Å². The number of carbonyl (C=O) groups excluding carboxylic acids is 1. The molecule has 0 saturated heterocycles. The van der Waals surface area contributed by atoms with Crippen LogP contribution in [0.5, 0.6) is 0 Å². The zero-order chi connectivity index (χ0) is 23.1. The van der Waals surface area contributed by atoms with E-state index < -0.39 is 0 Å². The summed E-state index contributed by atoms with van der Waals surface area (Å²) in [5.74, 6) is 0.818. The number of carbonyl (C=O) groups is 1. The third kappa shape index (κ3) is 3.89. The van der Waals surface area contributed by atoms with Crippen molar-refractivity contribution in [2.45, 2.75) is 50.9 Å². The maximum absolute atomic E-state index is 13.1. The maximum atomic E-state index is 13.1. The number of nitrogens with zero attached hydrogens (tertiary/aromatic N) is 5. The minimum atomic E-state index is -0.0956. The first-order chi connectivity index (χ1) is 16.0. The van der Waals surface area contributed by atoms with Crippen LogP contribution in [0.15, 0.2) is 40.3 Å². The van der Waals surface area contributed by atoms with Crippen LogP contribution in [0, 0.1) is 13.8 Å². The Hall–Kier alpha value is -2.91. The van der Waals surface area contributed by atoms with E-state index in [9.17, 15) is 9.59 Å². The number of ketones is 1. The molecular weight excluding hydrogens is 438 g/mol. The molecule has 0 amide bonds. The van der Waals surface area contributed by atoms with Gasteiger partial charge in [-0.05, 0) is 51.3 Å². The smallest absolute Gasteiger partial charge is 0.262 e. The van der Waals surface area contributed by atoms with Gasteiger partial charge in [-0.25, -0.2) is 0 Å². The van der Waals surface area contributed by atoms with Crippen LogP contribution in [-0.2, 0) is 11.3 Å². The van der Waals surface area contributed by atoms with Crippen molar-refractivity contribution in [3.05, 3.63) is 57.6 Å². The molecule has 172 valence electrons. The van der Waals surface area contributed by atoms with Gasteiger partial charge in [-0.3, -0.25) is 18.6 Å². The van der Waals surface area contributed by atoms with Crippen molar-refractivity contribution in [2.75, 3.05) is 19.5 Å². The van der Waals surface area contributed by atoms with Crippen LogP contribution >= 0.6 is 11.8 Å². The van der Waals surface area contributed by atoms with E-state index in [1.54, 1.807) is 11.7 Å². The van der Waals surface area contributed by atoms with Gasteiger partial charge in [0.25, 0.3) is 5.56 Å². The number of thioether (sulfide) groups is 1. The summed E-state index contributed by atoms with van der Waals surface area (Å²) in [7, 11) is 1.64. The molecule has 5 rings (SSSR count). The Kier molecular flexibility index (Phi) is 5.84. The molecule has 4 aromatic rings. The van der Waals surface area contributed by atoms with Crippen molar-refractivity contribution in [3.8, 4) is 0 Å². The summed E-state index contributed by atoms with van der Waals surface area (Å²) in [5.41, 5.74) is 3.61. The standard InChI is InChI=1S/C24H27N5O3S/c1-15-13-19(16(2)28(15)17-9-10-17)21(30)14-33-24-26-25-23-27(11-6-12-32-3)22(31)18-7-4-5-8-20(18)29(23)24/h4-5,7-8,13,17H,6,9-12,14H2,1-3H3. The molecule has 0 unspecified atom stereocenters. The number of ether oxygens (including phenoxy) is 1. The van der Waals surface area contributed by atoms with Gasteiger partial charge in [0.2, 0.25) is 5.78 Å². The molecule has 0 atom stereocenters. The molecule has 0 aliphatic heterocycles. The summed E-state index contributed by atoms with van der Waals surface area (Å²) in [6.07, 6.45) is 3.06. The van der Waals surface area contributed by atoms with Crippen molar-refractivity contribution >= 4 is 34.2 Å². The summed E-state index contributed by atoms with van der Waals surface area (Å²) in [6, 6.07) is 9.99. The molecule has 1 aliphatic rings. The van der Waals surface area contributed by atoms with Gasteiger partial charge in [-0.2, -0.15) is 0 Å². The van der Waals surface area contributed by atoms with Crippen molar-refractivity contribution in [1.82, 2.24) is 23.7 Å². The molecule has 1 fully saturated rings. The Morgan fingerprint density at radius 3 is 2.76 bits per heavy atom. The van der Waals surface area contributed by atoms with Gasteiger partial charge in [0.15, 0.2) is 10.9 Å². The van der Waals surface area contributed by atoms with Crippen molar-refractivity contribution in [3.63, 3.8) is 0 Å². The van der Waals surface area contributed by atoms with E-state index in [1.165, 1.54) is 24.6 Å². The molecular formula is C24H27N5O3S. The molecule has 0 bridgehead atoms. The van der Waals surface area contributed by atoms with E-state index in [-0.39, 0.29) is 17.1 Å². The number of benzene rings is 1. The summed E-state index contributed by atoms with van der Waals surface area (Å²) >= 11 is 1.36. The second-order valence-corrected chi connectivity index (χ2v) is 9.48. The van der Waals surface area contributed by atoms with Crippen molar-refractivity contribution < 1.29 is 9.53 Å². The first-order valence-corrected chi connectivity index (χ1v) is 12.2. The lowest BCUT2D eigenvalue weighted by Gasteiger charge is -2.11. The lowest BCUT2D eigenvalue weighted by Crippen LogP contribution is -2.24. The summed E-state index contributed by atoms with van der Waals surface area (Å²) in [4.78, 5) is 26.2. The fraction of sp³-hybridized carbons (Fsp3) is 0.417. The van der Waals surface area contributed by atoms with Crippen LogP contribution in [0.4, 0.5) is 0 Å². The molecule has 3 aromatic heterocycles. The summed E-state index contributed by atoms with van der Waals surface area (Å²) < 4.78 is 11.0. The Morgan fingerprint density at radius 1 is 1.21 bits per heavy atom. The van der Waals surface area contributed by atoms with Gasteiger partial charge in [0.1, 0.15) is 0 Å². The number of methoxy groups -OCH3 is 1. The SMILES string of the molecule is COCCCn1c(=O)c2ccccc2n2c(SCC(=O)c3cc(C)n(C4CC4)c3C)nnc12. The lowest BCUT2D eigenvalue weighted by molar-refractivity contribution is 0.102. The average molecular weight is 466 g/mol. The summed E-state index contributed by atoms with van der Waals surface area (Å²) in [6.45, 7) is 5.13. The monoisotopic (exact) mass is 465 g/mol. The van der Waals surface area contributed by atoms with Gasteiger partial charge in [-0.1, -0.05) is 23.9 Å². The highest BCUT2D eigenvalue weighted by Crippen LogP contribution is 2.38. The minimum Gasteiger partial charge on any atom is -0.385 e. The Bertz CT molecular complexity index is 1410. The van der Waals surface area contributed by atoms with Gasteiger partial charge < -0.3 is 9.30 Å². The number of para-hydroxylation sites is 1. The van der Waals surface area contributed by atoms with Crippen LogP contribution in [0.3, 0.4) is 0 Å². The highest BCUT2D eigenvalue weighted by Gasteiger charge is 2.28. The molecule has 33 heavy (non-hydrogen) atoms. The van der Waals surface area contributed by atoms with Gasteiger partial charge in [-0.15, -0.1) is 10.2 Å². The first-order valence-electron chi connectivity index (χ1n) is 11.2. The largest absolute Gasteiger partial charge is 0.385 e. The third-order valence-corrected chi connectivity index (χ3v) is 7.17. The van der Waals surface area contributed by atoms with Crippen LogP contribution in [0.1, 0.15) is 47.1 Å². The normalized spacial score (nSPS) is 13.9. The maximum Gasteiger partial charge on any atom is 0.262 e. The van der Waals surface area contributed by atoms with Crippen molar-refractivity contribution in [2.24, 2.45) is 0 Å². The third-order valence-electron chi connectivity index (χ3n) is 6.24. The fourth-order valence-electron chi connectivity index (χ4n) is 4.56. The van der Waals surface area contributed by atoms with E-state index >= 15 is 0 Å². The molecule has 3 heterocycles. The lowest BCUT2D eigenvalue weighted by atomic mass is 10.2. The number of aromatic nitrogens is 5. The Balaban J connectivity index is 1.48. The van der Waals surface area contributed by atoms with E-state index in [4.69, 9.17) is 4.74 Å². The van der Waals surface area contributed by atoms with Crippen LogP contribution < -0.4 is 5.56 Å². The first kappa shape index (κ1) is 21.9. The fourth-order valence-corrected chi connectivity index (χ4v) is 5.38. The highest BCUT2D eigenvalue weighted by molar-refractivity contribution is 7.99. The predicted molar refractivity (Wildman–Crippen MR) is 128 cm³/mol. The number of Topliss-reactive ketones (excluding diaryl/α,β-unsaturated/α-hetero) is 1. The van der Waals surface area contributed by atoms with E-state index in [2.05, 4.69) is 21.7 Å². The second-order valence-electron chi connectivity index (χ2n) is 8.54. The topological polar surface area (TPSA) is 83.4 Å². The van der Waals surface area contributed by atoms with Crippen LogP contribution in [0.2, 0.25) is 0 Å². The van der Waals surface area contributed by atoms with Crippen LogP contribution in [0.25, 0.3) is 16.7 Å². The average Bonchev–Trinajstić information content (AvgIpc) is 3.48. The zero-order valence-electron chi connectivity index (χ0n) is 19.1. The van der Waals surface area contributed by atoms with Crippen molar-refractivity contribution in [1.29, 1.82) is 0 Å². The van der Waals surface area contributed by atoms with Gasteiger partial charge in [0, 0.05) is 43.3 Å². The molecule has 9 heteroatoms. The van der Waals surface area contributed by atoms with E-state index in [0.717, 1.165) is 22.5 Å². The van der Waals surface area contributed by atoms with Gasteiger partial charge in [0.05, 0.1) is 16.7 Å². The molecule has 0 spiro atoms. The minimum absolute atomic E-state index is 0.0782. The second kappa shape index (κ2) is 8.79.